The topological polar surface area (TPSA) is 38.8 Å². The van der Waals surface area contributed by atoms with Crippen LogP contribution >= 0.6 is 0 Å². The Morgan fingerprint density at radius 2 is 1.80 bits per heavy atom. The smallest absolute Gasteiger partial charge is 0.305 e. The number of epoxide rings is 1. The number of hydrogen-bond acceptors (Lipinski definition) is 3. The van der Waals surface area contributed by atoms with Crippen molar-refractivity contribution in [3.63, 3.8) is 0 Å². The molecule has 0 spiro atoms. The maximum atomic E-state index is 10.8. The molecule has 1 aliphatic heterocycles. The van der Waals surface area contributed by atoms with Crippen molar-refractivity contribution >= 4 is 5.97 Å². The van der Waals surface area contributed by atoms with Crippen LogP contribution in [-0.4, -0.2) is 25.8 Å². The summed E-state index contributed by atoms with van der Waals surface area (Å²) >= 11 is 0. The molecule has 0 bridgehead atoms. The number of carbonyl (C=O) groups is 1. The van der Waals surface area contributed by atoms with Crippen molar-refractivity contribution in [1.29, 1.82) is 0 Å². The molecule has 88 valence electrons. The van der Waals surface area contributed by atoms with E-state index in [1.807, 2.05) is 0 Å². The zero-order valence-corrected chi connectivity index (χ0v) is 9.67. The van der Waals surface area contributed by atoms with Gasteiger partial charge in [-0.3, -0.25) is 4.79 Å². The molecule has 0 aromatic rings. The lowest BCUT2D eigenvalue weighted by Gasteiger charge is -2.00. The fourth-order valence-corrected chi connectivity index (χ4v) is 1.69. The minimum atomic E-state index is -0.0825. The van der Waals surface area contributed by atoms with Gasteiger partial charge < -0.3 is 9.47 Å². The Bertz CT molecular complexity index is 176. The normalized spacial score (nSPS) is 18.9. The third-order valence-corrected chi connectivity index (χ3v) is 2.79. The van der Waals surface area contributed by atoms with Crippen molar-refractivity contribution in [3.05, 3.63) is 0 Å². The lowest BCUT2D eigenvalue weighted by molar-refractivity contribution is -0.140. The van der Waals surface area contributed by atoms with Gasteiger partial charge in [0.05, 0.1) is 19.8 Å². The van der Waals surface area contributed by atoms with Crippen molar-refractivity contribution in [2.24, 2.45) is 0 Å². The monoisotopic (exact) mass is 214 g/mol. The first-order valence-corrected chi connectivity index (χ1v) is 6.01. The van der Waals surface area contributed by atoms with E-state index < -0.39 is 0 Å². The molecule has 0 aromatic carbocycles. The molecule has 3 heteroatoms. The lowest BCUT2D eigenvalue weighted by Crippen LogP contribution is -1.99. The minimum Gasteiger partial charge on any atom is -0.469 e. The van der Waals surface area contributed by atoms with Crippen LogP contribution in [0.4, 0.5) is 0 Å². The van der Waals surface area contributed by atoms with Crippen LogP contribution in [0.3, 0.4) is 0 Å². The number of ether oxygens (including phenoxy) is 2. The first-order chi connectivity index (χ1) is 7.33. The number of hydrogen-bond donors (Lipinski definition) is 0. The Kier molecular flexibility index (Phi) is 6.41. The Morgan fingerprint density at radius 1 is 1.20 bits per heavy atom. The minimum absolute atomic E-state index is 0.0825. The average Bonchev–Trinajstić information content (AvgIpc) is 3.05. The summed E-state index contributed by atoms with van der Waals surface area (Å²) < 4.78 is 9.72. The number of methoxy groups -OCH3 is 1. The Balaban J connectivity index is 1.70. The van der Waals surface area contributed by atoms with Gasteiger partial charge in [0.25, 0.3) is 0 Å². The molecule has 0 amide bonds. The lowest BCUT2D eigenvalue weighted by atomic mass is 10.1. The van der Waals surface area contributed by atoms with Crippen molar-refractivity contribution in [2.45, 2.75) is 57.5 Å². The third-order valence-electron chi connectivity index (χ3n) is 2.79. The first-order valence-electron chi connectivity index (χ1n) is 6.01. The van der Waals surface area contributed by atoms with Crippen LogP contribution in [-0.2, 0) is 14.3 Å². The zero-order chi connectivity index (χ0) is 10.9. The fourth-order valence-electron chi connectivity index (χ4n) is 1.69. The summed E-state index contributed by atoms with van der Waals surface area (Å²) in [5.74, 6) is -0.0825. The van der Waals surface area contributed by atoms with E-state index in [-0.39, 0.29) is 5.97 Å². The molecule has 3 nitrogen and oxygen atoms in total. The van der Waals surface area contributed by atoms with E-state index in [4.69, 9.17) is 4.74 Å². The highest BCUT2D eigenvalue weighted by Gasteiger charge is 2.20. The van der Waals surface area contributed by atoms with Gasteiger partial charge in [-0.2, -0.15) is 0 Å². The standard InChI is InChI=1S/C12H22O3/c1-14-12(13)9-7-5-3-2-4-6-8-11-10-15-11/h11H,2-10H2,1H3/t11-/m0/s1. The van der Waals surface area contributed by atoms with Crippen LogP contribution in [0.2, 0.25) is 0 Å². The maximum Gasteiger partial charge on any atom is 0.305 e. The molecule has 1 fully saturated rings. The molecular weight excluding hydrogens is 192 g/mol. The van der Waals surface area contributed by atoms with Crippen molar-refractivity contribution in [3.8, 4) is 0 Å². The molecule has 15 heavy (non-hydrogen) atoms. The van der Waals surface area contributed by atoms with Crippen molar-refractivity contribution in [2.75, 3.05) is 13.7 Å². The SMILES string of the molecule is COC(=O)CCCCCCCC[C@H]1CO1. The van der Waals surface area contributed by atoms with Gasteiger partial charge in [0.15, 0.2) is 0 Å². The van der Waals surface area contributed by atoms with Gasteiger partial charge >= 0.3 is 5.97 Å². The quantitative estimate of drug-likeness (QED) is 0.336. The Morgan fingerprint density at radius 3 is 2.40 bits per heavy atom. The number of esters is 1. The molecule has 0 saturated carbocycles. The summed E-state index contributed by atoms with van der Waals surface area (Å²) in [5, 5.41) is 0. The first kappa shape index (κ1) is 12.5. The maximum absolute atomic E-state index is 10.8. The van der Waals surface area contributed by atoms with E-state index in [0.717, 1.165) is 19.4 Å². The highest BCUT2D eigenvalue weighted by Crippen LogP contribution is 2.18. The Labute approximate surface area is 92.1 Å². The second-order valence-corrected chi connectivity index (χ2v) is 4.19. The summed E-state index contributed by atoms with van der Waals surface area (Å²) in [6.07, 6.45) is 9.64. The van der Waals surface area contributed by atoms with Crippen molar-refractivity contribution < 1.29 is 14.3 Å². The molecule has 0 radical (unpaired) electrons. The molecule has 0 aliphatic carbocycles. The molecule has 1 heterocycles. The highest BCUT2D eigenvalue weighted by atomic mass is 16.6. The van der Waals surface area contributed by atoms with Crippen LogP contribution in [0.25, 0.3) is 0 Å². The summed E-state index contributed by atoms with van der Waals surface area (Å²) in [4.78, 5) is 10.8. The van der Waals surface area contributed by atoms with Crippen molar-refractivity contribution in [1.82, 2.24) is 0 Å². The third kappa shape index (κ3) is 7.37. The Hall–Kier alpha value is -0.570. The van der Waals surface area contributed by atoms with E-state index in [9.17, 15) is 4.79 Å². The largest absolute Gasteiger partial charge is 0.469 e. The fraction of sp³-hybridized carbons (Fsp3) is 0.917. The second kappa shape index (κ2) is 7.69. The van der Waals surface area contributed by atoms with Crippen LogP contribution in [0, 0.1) is 0 Å². The molecule has 1 rings (SSSR count). The zero-order valence-electron chi connectivity index (χ0n) is 9.67. The van der Waals surface area contributed by atoms with Gasteiger partial charge in [-0.05, 0) is 12.8 Å². The molecule has 1 saturated heterocycles. The van der Waals surface area contributed by atoms with Gasteiger partial charge in [0.2, 0.25) is 0 Å². The van der Waals surface area contributed by atoms with E-state index in [1.54, 1.807) is 0 Å². The molecule has 1 atom stereocenters. The molecular formula is C12H22O3. The summed E-state index contributed by atoms with van der Waals surface area (Å²) in [6, 6.07) is 0. The molecule has 0 aromatic heterocycles. The summed E-state index contributed by atoms with van der Waals surface area (Å²) in [7, 11) is 1.45. The van der Waals surface area contributed by atoms with Gasteiger partial charge in [-0.15, -0.1) is 0 Å². The van der Waals surface area contributed by atoms with E-state index in [0.29, 0.717) is 12.5 Å². The highest BCUT2D eigenvalue weighted by molar-refractivity contribution is 5.68. The average molecular weight is 214 g/mol. The van der Waals surface area contributed by atoms with Crippen LogP contribution in [0.1, 0.15) is 51.4 Å². The van der Waals surface area contributed by atoms with Gasteiger partial charge in [-0.1, -0.05) is 32.1 Å². The predicted octanol–water partition coefficient (Wildman–Crippen LogP) is 2.68. The number of carbonyl (C=O) groups excluding carboxylic acids is 1. The number of unbranched alkanes of at least 4 members (excludes halogenated alkanes) is 5. The van der Waals surface area contributed by atoms with Crippen LogP contribution < -0.4 is 0 Å². The predicted molar refractivity (Wildman–Crippen MR) is 58.7 cm³/mol. The van der Waals surface area contributed by atoms with Crippen LogP contribution in [0.5, 0.6) is 0 Å². The summed E-state index contributed by atoms with van der Waals surface area (Å²) in [6.45, 7) is 0.985. The van der Waals surface area contributed by atoms with E-state index >= 15 is 0 Å². The van der Waals surface area contributed by atoms with Gasteiger partial charge in [0, 0.05) is 6.42 Å². The summed E-state index contributed by atoms with van der Waals surface area (Å²) in [5.41, 5.74) is 0. The number of rotatable bonds is 9. The second-order valence-electron chi connectivity index (χ2n) is 4.19. The van der Waals surface area contributed by atoms with Gasteiger partial charge in [0.1, 0.15) is 0 Å². The van der Waals surface area contributed by atoms with E-state index in [1.165, 1.54) is 39.2 Å². The molecule has 1 aliphatic rings. The van der Waals surface area contributed by atoms with Gasteiger partial charge in [-0.25, -0.2) is 0 Å². The molecule has 0 N–H and O–H groups in total. The molecule has 0 unspecified atom stereocenters. The van der Waals surface area contributed by atoms with Crippen LogP contribution in [0.15, 0.2) is 0 Å². The van der Waals surface area contributed by atoms with E-state index in [2.05, 4.69) is 4.74 Å².